The molecule has 0 heterocycles. The maximum Gasteiger partial charge on any atom is 0.418 e. The minimum atomic E-state index is -4.57. The van der Waals surface area contributed by atoms with E-state index in [0.29, 0.717) is 0 Å². The molecular weight excluding hydrogens is 403 g/mol. The molecular formula is C24H18F3N3O. The highest BCUT2D eigenvalue weighted by Crippen LogP contribution is 2.34. The number of nitrogens with zero attached hydrogens (tertiary/aromatic N) is 1. The molecule has 0 radical (unpaired) electrons. The lowest BCUT2D eigenvalue weighted by molar-refractivity contribution is -0.136. The fraction of sp³-hybridized carbons (Fsp3) is 0.0833. The van der Waals surface area contributed by atoms with Gasteiger partial charge in [-0.3, -0.25) is 4.79 Å². The Bertz CT molecular complexity index is 1060. The van der Waals surface area contributed by atoms with Crippen LogP contribution in [0.2, 0.25) is 0 Å². The topological polar surface area (TPSA) is 64.9 Å². The SMILES string of the molecule is N#C/C(=C/Nc1ccccc1C(F)(F)F)C(=O)NC(c1ccccc1)c1ccccc1. The molecule has 1 amide bonds. The van der Waals surface area contributed by atoms with E-state index < -0.39 is 23.7 Å². The first-order chi connectivity index (χ1) is 14.9. The van der Waals surface area contributed by atoms with Crippen LogP contribution in [-0.2, 0) is 11.0 Å². The van der Waals surface area contributed by atoms with Gasteiger partial charge in [0.15, 0.2) is 0 Å². The Morgan fingerprint density at radius 2 is 1.39 bits per heavy atom. The van der Waals surface area contributed by atoms with Crippen molar-refractivity contribution < 1.29 is 18.0 Å². The van der Waals surface area contributed by atoms with Crippen LogP contribution in [0.3, 0.4) is 0 Å². The highest BCUT2D eigenvalue weighted by atomic mass is 19.4. The fourth-order valence-electron chi connectivity index (χ4n) is 3.01. The molecule has 0 atom stereocenters. The molecule has 0 saturated carbocycles. The van der Waals surface area contributed by atoms with E-state index in [2.05, 4.69) is 10.6 Å². The van der Waals surface area contributed by atoms with Crippen LogP contribution in [0.1, 0.15) is 22.7 Å². The number of benzene rings is 3. The quantitative estimate of drug-likeness (QED) is 0.412. The lowest BCUT2D eigenvalue weighted by atomic mass is 9.98. The summed E-state index contributed by atoms with van der Waals surface area (Å²) in [7, 11) is 0. The monoisotopic (exact) mass is 421 g/mol. The summed E-state index contributed by atoms with van der Waals surface area (Å²) in [6, 6.07) is 24.4. The Kier molecular flexibility index (Phi) is 6.73. The average molecular weight is 421 g/mol. The number of nitrogens with one attached hydrogen (secondary N) is 2. The van der Waals surface area contributed by atoms with Crippen LogP contribution in [0, 0.1) is 11.3 Å². The number of carbonyl (C=O) groups is 1. The van der Waals surface area contributed by atoms with Crippen LogP contribution in [0.25, 0.3) is 0 Å². The normalized spacial score (nSPS) is 11.6. The van der Waals surface area contributed by atoms with E-state index in [1.807, 2.05) is 60.7 Å². The summed E-state index contributed by atoms with van der Waals surface area (Å²) < 4.78 is 39.5. The molecule has 0 aromatic heterocycles. The van der Waals surface area contributed by atoms with Crippen molar-refractivity contribution in [1.82, 2.24) is 5.32 Å². The molecule has 31 heavy (non-hydrogen) atoms. The van der Waals surface area contributed by atoms with Crippen LogP contribution in [0.5, 0.6) is 0 Å². The molecule has 156 valence electrons. The predicted molar refractivity (Wildman–Crippen MR) is 112 cm³/mol. The molecule has 7 heteroatoms. The Balaban J connectivity index is 1.85. The number of para-hydroxylation sites is 1. The average Bonchev–Trinajstić information content (AvgIpc) is 2.78. The largest absolute Gasteiger partial charge is 0.418 e. The zero-order chi connectivity index (χ0) is 22.3. The molecule has 3 aromatic rings. The minimum absolute atomic E-state index is 0.252. The van der Waals surface area contributed by atoms with Crippen molar-refractivity contribution in [3.8, 4) is 6.07 Å². The molecule has 3 rings (SSSR count). The molecule has 3 aromatic carbocycles. The second-order valence-electron chi connectivity index (χ2n) is 6.59. The number of rotatable bonds is 6. The first-order valence-corrected chi connectivity index (χ1v) is 9.34. The highest BCUT2D eigenvalue weighted by molar-refractivity contribution is 5.98. The summed E-state index contributed by atoms with van der Waals surface area (Å²) in [4.78, 5) is 12.8. The number of hydrogen-bond donors (Lipinski definition) is 2. The number of anilines is 1. The molecule has 0 spiro atoms. The summed E-state index contributed by atoms with van der Waals surface area (Å²) >= 11 is 0. The van der Waals surface area contributed by atoms with Crippen LogP contribution in [0.4, 0.5) is 18.9 Å². The first kappa shape index (κ1) is 21.7. The number of amides is 1. The number of carbonyl (C=O) groups excluding carboxylic acids is 1. The Hall–Kier alpha value is -4.05. The van der Waals surface area contributed by atoms with Gasteiger partial charge in [-0.1, -0.05) is 72.8 Å². The van der Waals surface area contributed by atoms with E-state index in [9.17, 15) is 23.2 Å². The number of halogens is 3. The van der Waals surface area contributed by atoms with E-state index in [4.69, 9.17) is 0 Å². The van der Waals surface area contributed by atoms with Crippen molar-refractivity contribution in [2.24, 2.45) is 0 Å². The minimum Gasteiger partial charge on any atom is -0.360 e. The Morgan fingerprint density at radius 3 is 1.90 bits per heavy atom. The van der Waals surface area contributed by atoms with Gasteiger partial charge in [-0.25, -0.2) is 0 Å². The molecule has 0 unspecified atom stereocenters. The fourth-order valence-corrected chi connectivity index (χ4v) is 3.01. The highest BCUT2D eigenvalue weighted by Gasteiger charge is 2.33. The van der Waals surface area contributed by atoms with Crippen LogP contribution >= 0.6 is 0 Å². The van der Waals surface area contributed by atoms with E-state index in [0.717, 1.165) is 23.4 Å². The van der Waals surface area contributed by atoms with Gasteiger partial charge in [0.25, 0.3) is 5.91 Å². The summed E-state index contributed by atoms with van der Waals surface area (Å²) in [5.74, 6) is -0.711. The van der Waals surface area contributed by atoms with Gasteiger partial charge in [-0.15, -0.1) is 0 Å². The van der Waals surface area contributed by atoms with Gasteiger partial charge in [0.1, 0.15) is 11.6 Å². The summed E-state index contributed by atoms with van der Waals surface area (Å²) in [5.41, 5.74) is 0.104. The molecule has 0 saturated heterocycles. The molecule has 0 aliphatic rings. The molecule has 0 fully saturated rings. The van der Waals surface area contributed by atoms with Crippen molar-refractivity contribution in [2.45, 2.75) is 12.2 Å². The van der Waals surface area contributed by atoms with Gasteiger partial charge in [0.05, 0.1) is 17.3 Å². The van der Waals surface area contributed by atoms with Crippen LogP contribution in [0.15, 0.2) is 96.7 Å². The second-order valence-corrected chi connectivity index (χ2v) is 6.59. The van der Waals surface area contributed by atoms with E-state index in [-0.39, 0.29) is 11.3 Å². The second kappa shape index (κ2) is 9.63. The van der Waals surface area contributed by atoms with Gasteiger partial charge < -0.3 is 10.6 Å². The third-order valence-corrected chi connectivity index (χ3v) is 4.51. The molecule has 4 nitrogen and oxygen atoms in total. The third kappa shape index (κ3) is 5.52. The van der Waals surface area contributed by atoms with Gasteiger partial charge in [-0.05, 0) is 23.3 Å². The van der Waals surface area contributed by atoms with Crippen molar-refractivity contribution in [2.75, 3.05) is 5.32 Å². The number of alkyl halides is 3. The summed E-state index contributed by atoms with van der Waals surface area (Å²) in [6.45, 7) is 0. The zero-order valence-corrected chi connectivity index (χ0v) is 16.2. The van der Waals surface area contributed by atoms with Crippen molar-refractivity contribution in [1.29, 1.82) is 5.26 Å². The van der Waals surface area contributed by atoms with Gasteiger partial charge in [0.2, 0.25) is 0 Å². The van der Waals surface area contributed by atoms with E-state index in [1.54, 1.807) is 6.07 Å². The van der Waals surface area contributed by atoms with Gasteiger partial charge >= 0.3 is 6.18 Å². The third-order valence-electron chi connectivity index (χ3n) is 4.51. The maximum absolute atomic E-state index is 13.2. The van der Waals surface area contributed by atoms with Crippen molar-refractivity contribution >= 4 is 11.6 Å². The van der Waals surface area contributed by atoms with E-state index in [1.165, 1.54) is 18.2 Å². The lowest BCUT2D eigenvalue weighted by Crippen LogP contribution is -2.30. The molecule has 0 bridgehead atoms. The maximum atomic E-state index is 13.2. The Morgan fingerprint density at radius 1 is 0.871 bits per heavy atom. The van der Waals surface area contributed by atoms with Gasteiger partial charge in [-0.2, -0.15) is 18.4 Å². The molecule has 2 N–H and O–H groups in total. The summed E-state index contributed by atoms with van der Waals surface area (Å²) in [6.07, 6.45) is -3.59. The van der Waals surface area contributed by atoms with Gasteiger partial charge in [0, 0.05) is 6.20 Å². The zero-order valence-electron chi connectivity index (χ0n) is 16.2. The van der Waals surface area contributed by atoms with E-state index >= 15 is 0 Å². The number of hydrogen-bond acceptors (Lipinski definition) is 3. The van der Waals surface area contributed by atoms with Crippen LogP contribution in [-0.4, -0.2) is 5.91 Å². The lowest BCUT2D eigenvalue weighted by Gasteiger charge is -2.20. The van der Waals surface area contributed by atoms with Crippen molar-refractivity contribution in [3.05, 3.63) is 113 Å². The molecule has 0 aliphatic carbocycles. The van der Waals surface area contributed by atoms with Crippen LogP contribution < -0.4 is 10.6 Å². The number of nitriles is 1. The summed E-state index contributed by atoms with van der Waals surface area (Å²) in [5, 5.41) is 14.6. The Labute approximate surface area is 177 Å². The standard InChI is InChI=1S/C24H18F3N3O/c25-24(26,27)20-13-7-8-14-21(20)29-16-19(15-28)23(31)30-22(17-9-3-1-4-10-17)18-11-5-2-6-12-18/h1-14,16,22,29H,(H,30,31)/b19-16-. The predicted octanol–water partition coefficient (Wildman–Crippen LogP) is 5.43. The first-order valence-electron chi connectivity index (χ1n) is 9.34. The van der Waals surface area contributed by atoms with Crippen molar-refractivity contribution in [3.63, 3.8) is 0 Å². The molecule has 0 aliphatic heterocycles. The smallest absolute Gasteiger partial charge is 0.360 e.